The predicted octanol–water partition coefficient (Wildman–Crippen LogP) is 4.34. The van der Waals surface area contributed by atoms with Crippen LogP contribution in [0.2, 0.25) is 0 Å². The van der Waals surface area contributed by atoms with Gasteiger partial charge in [-0.15, -0.1) is 0 Å². The Morgan fingerprint density at radius 2 is 1.89 bits per heavy atom. The first-order valence-corrected chi connectivity index (χ1v) is 9.67. The summed E-state index contributed by atoms with van der Waals surface area (Å²) in [4.78, 5) is 12.3. The molecule has 0 saturated carbocycles. The summed E-state index contributed by atoms with van der Waals surface area (Å²) in [7, 11) is 1.64. The molecule has 0 radical (unpaired) electrons. The van der Waals surface area contributed by atoms with Crippen LogP contribution in [0.3, 0.4) is 0 Å². The molecule has 0 unspecified atom stereocenters. The van der Waals surface area contributed by atoms with E-state index in [1.54, 1.807) is 13.2 Å². The predicted molar refractivity (Wildman–Crippen MR) is 110 cm³/mol. The van der Waals surface area contributed by atoms with Gasteiger partial charge in [-0.25, -0.2) is 0 Å². The largest absolute Gasteiger partial charge is 0.486 e. The van der Waals surface area contributed by atoms with E-state index in [2.05, 4.69) is 50.4 Å². The van der Waals surface area contributed by atoms with Crippen LogP contribution < -0.4 is 14.8 Å². The second-order valence-electron chi connectivity index (χ2n) is 8.16. The number of fused-ring (bicyclic) bond motifs is 1. The summed E-state index contributed by atoms with van der Waals surface area (Å²) in [6, 6.07) is 13.9. The van der Waals surface area contributed by atoms with Gasteiger partial charge >= 0.3 is 0 Å². The fourth-order valence-electron chi connectivity index (χ4n) is 3.11. The molecule has 150 valence electrons. The molecule has 2 aromatic rings. The Bertz CT molecular complexity index is 808. The number of anilines is 1. The highest BCUT2D eigenvalue weighted by atomic mass is 16.6. The lowest BCUT2D eigenvalue weighted by molar-refractivity contribution is -0.116. The normalized spacial score (nSPS) is 15.9. The number of benzene rings is 2. The zero-order valence-corrected chi connectivity index (χ0v) is 17.1. The number of aryl methyl sites for hydroxylation is 1. The Labute approximate surface area is 167 Å². The lowest BCUT2D eigenvalue weighted by Gasteiger charge is -2.26. The summed E-state index contributed by atoms with van der Waals surface area (Å²) in [5.41, 5.74) is 3.30. The molecular weight excluding hydrogens is 354 g/mol. The van der Waals surface area contributed by atoms with E-state index in [0.29, 0.717) is 43.2 Å². The minimum Gasteiger partial charge on any atom is -0.486 e. The second-order valence-corrected chi connectivity index (χ2v) is 8.16. The van der Waals surface area contributed by atoms with Crippen LogP contribution in [0.4, 0.5) is 5.69 Å². The van der Waals surface area contributed by atoms with Crippen molar-refractivity contribution in [3.05, 3.63) is 53.6 Å². The number of hydrogen-bond acceptors (Lipinski definition) is 4. The van der Waals surface area contributed by atoms with Crippen molar-refractivity contribution in [1.82, 2.24) is 0 Å². The van der Waals surface area contributed by atoms with Gasteiger partial charge in [-0.1, -0.05) is 45.0 Å². The van der Waals surface area contributed by atoms with Crippen LogP contribution >= 0.6 is 0 Å². The summed E-state index contributed by atoms with van der Waals surface area (Å²) in [5.74, 6) is 1.29. The van der Waals surface area contributed by atoms with Crippen LogP contribution in [0.5, 0.6) is 11.5 Å². The van der Waals surface area contributed by atoms with Gasteiger partial charge in [0.1, 0.15) is 6.61 Å². The van der Waals surface area contributed by atoms with E-state index < -0.39 is 0 Å². The molecule has 3 rings (SSSR count). The molecule has 2 aromatic carbocycles. The number of rotatable bonds is 6. The lowest BCUT2D eigenvalue weighted by atomic mass is 9.86. The Morgan fingerprint density at radius 3 is 2.57 bits per heavy atom. The zero-order chi connectivity index (χ0) is 20.1. The van der Waals surface area contributed by atoms with E-state index in [1.807, 2.05) is 12.1 Å². The standard InChI is InChI=1S/C23H29NO4/c1-23(2,3)17-8-5-16(6-9-17)7-12-22(25)24-18-10-11-20-21(13-18)27-15-19(28-20)14-26-4/h5-6,8-11,13,19H,7,12,14-15H2,1-4H3,(H,24,25)/t19-/m1/s1. The Morgan fingerprint density at radius 1 is 1.14 bits per heavy atom. The second kappa shape index (κ2) is 8.65. The number of ether oxygens (including phenoxy) is 3. The van der Waals surface area contributed by atoms with Gasteiger partial charge in [-0.3, -0.25) is 4.79 Å². The van der Waals surface area contributed by atoms with E-state index >= 15 is 0 Å². The van der Waals surface area contributed by atoms with Crippen molar-refractivity contribution < 1.29 is 19.0 Å². The smallest absolute Gasteiger partial charge is 0.224 e. The fraction of sp³-hybridized carbons (Fsp3) is 0.435. The summed E-state index contributed by atoms with van der Waals surface area (Å²) in [6.45, 7) is 7.50. The maximum atomic E-state index is 12.3. The molecular formula is C23H29NO4. The number of amides is 1. The van der Waals surface area contributed by atoms with Gasteiger partial charge in [-0.05, 0) is 35.1 Å². The van der Waals surface area contributed by atoms with Crippen molar-refractivity contribution in [1.29, 1.82) is 0 Å². The maximum absolute atomic E-state index is 12.3. The number of methoxy groups -OCH3 is 1. The number of hydrogen-bond donors (Lipinski definition) is 1. The molecule has 0 saturated heterocycles. The van der Waals surface area contributed by atoms with Gasteiger partial charge in [0, 0.05) is 25.3 Å². The van der Waals surface area contributed by atoms with Crippen molar-refractivity contribution in [3.63, 3.8) is 0 Å². The summed E-state index contributed by atoms with van der Waals surface area (Å²) < 4.78 is 16.6. The summed E-state index contributed by atoms with van der Waals surface area (Å²) in [5, 5.41) is 2.94. The van der Waals surface area contributed by atoms with Gasteiger partial charge in [0.2, 0.25) is 5.91 Å². The molecule has 1 amide bonds. The molecule has 0 bridgehead atoms. The van der Waals surface area contributed by atoms with Crippen molar-refractivity contribution >= 4 is 11.6 Å². The van der Waals surface area contributed by atoms with Gasteiger partial charge in [0.05, 0.1) is 6.61 Å². The molecule has 1 N–H and O–H groups in total. The minimum atomic E-state index is -0.109. The van der Waals surface area contributed by atoms with E-state index in [0.717, 1.165) is 5.56 Å². The molecule has 5 nitrogen and oxygen atoms in total. The topological polar surface area (TPSA) is 56.8 Å². The first-order valence-electron chi connectivity index (χ1n) is 9.67. The van der Waals surface area contributed by atoms with Crippen LogP contribution in [-0.2, 0) is 21.4 Å². The molecule has 0 aliphatic carbocycles. The molecule has 1 atom stereocenters. The third-order valence-corrected chi connectivity index (χ3v) is 4.76. The highest BCUT2D eigenvalue weighted by molar-refractivity contribution is 5.91. The fourth-order valence-corrected chi connectivity index (χ4v) is 3.11. The molecule has 0 aromatic heterocycles. The molecule has 0 spiro atoms. The molecule has 28 heavy (non-hydrogen) atoms. The molecule has 1 heterocycles. The summed E-state index contributed by atoms with van der Waals surface area (Å²) >= 11 is 0. The van der Waals surface area contributed by atoms with E-state index in [4.69, 9.17) is 14.2 Å². The number of carbonyl (C=O) groups excluding carboxylic acids is 1. The Kier molecular flexibility index (Phi) is 6.25. The van der Waals surface area contributed by atoms with Crippen molar-refractivity contribution in [2.24, 2.45) is 0 Å². The minimum absolute atomic E-state index is 0.0196. The van der Waals surface area contributed by atoms with Crippen molar-refractivity contribution in [3.8, 4) is 11.5 Å². The summed E-state index contributed by atoms with van der Waals surface area (Å²) in [6.07, 6.45) is 1.03. The number of nitrogens with one attached hydrogen (secondary N) is 1. The van der Waals surface area contributed by atoms with Crippen LogP contribution in [0.1, 0.15) is 38.3 Å². The van der Waals surface area contributed by atoms with E-state index in [-0.39, 0.29) is 17.4 Å². The molecule has 5 heteroatoms. The third kappa shape index (κ3) is 5.26. The third-order valence-electron chi connectivity index (χ3n) is 4.76. The Hall–Kier alpha value is -2.53. The van der Waals surface area contributed by atoms with Crippen LogP contribution in [0.15, 0.2) is 42.5 Å². The highest BCUT2D eigenvalue weighted by Gasteiger charge is 2.21. The Balaban J connectivity index is 1.53. The lowest BCUT2D eigenvalue weighted by Crippen LogP contribution is -2.33. The average molecular weight is 383 g/mol. The van der Waals surface area contributed by atoms with E-state index in [9.17, 15) is 4.79 Å². The van der Waals surface area contributed by atoms with Crippen molar-refractivity contribution in [2.75, 3.05) is 25.6 Å². The zero-order valence-electron chi connectivity index (χ0n) is 17.1. The average Bonchev–Trinajstić information content (AvgIpc) is 2.66. The van der Waals surface area contributed by atoms with Gasteiger partial charge in [0.25, 0.3) is 0 Å². The first kappa shape index (κ1) is 20.2. The van der Waals surface area contributed by atoms with E-state index in [1.165, 1.54) is 5.56 Å². The molecule has 1 aliphatic rings. The quantitative estimate of drug-likeness (QED) is 0.806. The first-order chi connectivity index (χ1) is 13.3. The van der Waals surface area contributed by atoms with Gasteiger partial charge in [0.15, 0.2) is 17.6 Å². The molecule has 1 aliphatic heterocycles. The number of carbonyl (C=O) groups is 1. The highest BCUT2D eigenvalue weighted by Crippen LogP contribution is 2.34. The molecule has 0 fully saturated rings. The van der Waals surface area contributed by atoms with Gasteiger partial charge < -0.3 is 19.5 Å². The SMILES string of the molecule is COC[C@@H]1COc2cc(NC(=O)CCc3ccc(C(C)(C)C)cc3)ccc2O1. The maximum Gasteiger partial charge on any atom is 0.224 e. The van der Waals surface area contributed by atoms with Crippen molar-refractivity contribution in [2.45, 2.75) is 45.1 Å². The van der Waals surface area contributed by atoms with Crippen LogP contribution in [-0.4, -0.2) is 32.3 Å². The van der Waals surface area contributed by atoms with Crippen LogP contribution in [0, 0.1) is 0 Å². The monoisotopic (exact) mass is 383 g/mol. The van der Waals surface area contributed by atoms with Gasteiger partial charge in [-0.2, -0.15) is 0 Å². The van der Waals surface area contributed by atoms with Crippen LogP contribution in [0.25, 0.3) is 0 Å².